The fraction of sp³-hybridized carbons (Fsp3) is 0.474. The normalized spacial score (nSPS) is 19.9. The molecule has 1 aliphatic carbocycles. The standard InChI is InChI=1S/C26H22BrN4O2.3C4H9.Sn/c1-15(30-31-25-7-2-3-10-28-25)16-8-9-22-19(11-16)17-5-4-6-18(17)26(29-22)20-12-23-24(13-21(20)27)33-14-32-23;3*1-3-4-2;/h2,4-5,7-13,17-18,26,29H,6,14H2,1H3,(H,28,31);3*1,3-4H2,2H3;/b30-15+;;;;/t17-,18+,26-;;;;/m1..../s1. The molecular formula is C38H49BrN4O2Sn. The SMILES string of the molecule is CCC[CH2][Sn]([CH2]CCC)([CH2]CCC)[c]1ccc(N/N=C(\C)c2ccc3c(c2)[C@@H]2C=CC[C@@H]2[C@H](c2cc4c(cc2Br)OCO4)N3)nc1. The molecule has 3 aromatic rings. The summed E-state index contributed by atoms with van der Waals surface area (Å²) in [6, 6.07) is 15.6. The summed E-state index contributed by atoms with van der Waals surface area (Å²) in [4.78, 5) is 4.91. The van der Waals surface area contributed by atoms with Crippen LogP contribution in [0.1, 0.15) is 101 Å². The molecule has 3 heterocycles. The average molecular weight is 792 g/mol. The molecule has 0 bridgehead atoms. The molecule has 8 heteroatoms. The van der Waals surface area contributed by atoms with Crippen LogP contribution < -0.4 is 23.8 Å². The molecule has 2 aliphatic heterocycles. The molecule has 2 N–H and O–H groups in total. The van der Waals surface area contributed by atoms with Crippen LogP contribution in [0.4, 0.5) is 11.5 Å². The van der Waals surface area contributed by atoms with Crippen LogP contribution in [-0.2, 0) is 0 Å². The third-order valence-electron chi connectivity index (χ3n) is 10.3. The van der Waals surface area contributed by atoms with E-state index in [9.17, 15) is 0 Å². The summed E-state index contributed by atoms with van der Waals surface area (Å²) in [6.45, 7) is 9.36. The van der Waals surface area contributed by atoms with Gasteiger partial charge in [-0.15, -0.1) is 0 Å². The van der Waals surface area contributed by atoms with Crippen molar-refractivity contribution in [3.05, 3.63) is 82.0 Å². The van der Waals surface area contributed by atoms with Gasteiger partial charge in [0.15, 0.2) is 11.5 Å². The molecule has 3 aliphatic rings. The van der Waals surface area contributed by atoms with E-state index < -0.39 is 18.4 Å². The van der Waals surface area contributed by atoms with Gasteiger partial charge in [0, 0.05) is 4.47 Å². The van der Waals surface area contributed by atoms with Crippen LogP contribution in [0.3, 0.4) is 0 Å². The molecule has 2 aromatic carbocycles. The number of pyridine rings is 1. The predicted molar refractivity (Wildman–Crippen MR) is 198 cm³/mol. The second-order valence-corrected chi connectivity index (χ2v) is 27.4. The van der Waals surface area contributed by atoms with Crippen LogP contribution in [0.25, 0.3) is 0 Å². The quantitative estimate of drug-likeness (QED) is 0.0737. The summed E-state index contributed by atoms with van der Waals surface area (Å²) in [5, 5.41) is 8.67. The summed E-state index contributed by atoms with van der Waals surface area (Å²) >= 11 is 1.33. The molecule has 1 aromatic heterocycles. The van der Waals surface area contributed by atoms with Gasteiger partial charge in [0.05, 0.1) is 6.04 Å². The Morgan fingerprint density at radius 2 is 1.67 bits per heavy atom. The first-order chi connectivity index (χ1) is 22.5. The Hall–Kier alpha value is -2.52. The zero-order chi connectivity index (χ0) is 32.1. The van der Waals surface area contributed by atoms with Crippen molar-refractivity contribution >= 4 is 55.1 Å². The number of hydrazone groups is 1. The number of fused-ring (bicyclic) bond motifs is 4. The van der Waals surface area contributed by atoms with Gasteiger partial charge < -0.3 is 9.47 Å². The third-order valence-corrected chi connectivity index (χ3v) is 26.6. The Labute approximate surface area is 287 Å². The molecule has 6 nitrogen and oxygen atoms in total. The molecule has 0 fully saturated rings. The van der Waals surface area contributed by atoms with Crippen LogP contribution in [-0.4, -0.2) is 35.9 Å². The number of nitrogens with zero attached hydrogens (tertiary/aromatic N) is 2. The van der Waals surface area contributed by atoms with Crippen LogP contribution >= 0.6 is 15.9 Å². The second-order valence-electron chi connectivity index (χ2n) is 13.3. The Bertz CT molecular complexity index is 1550. The van der Waals surface area contributed by atoms with Gasteiger partial charge in [-0.25, -0.2) is 0 Å². The van der Waals surface area contributed by atoms with Crippen molar-refractivity contribution in [3.63, 3.8) is 0 Å². The monoisotopic (exact) mass is 792 g/mol. The van der Waals surface area contributed by atoms with Crippen LogP contribution in [0, 0.1) is 5.92 Å². The van der Waals surface area contributed by atoms with Crippen molar-refractivity contribution in [2.75, 3.05) is 17.5 Å². The van der Waals surface area contributed by atoms with Gasteiger partial charge in [0.2, 0.25) is 6.79 Å². The number of hydrogen-bond acceptors (Lipinski definition) is 6. The minimum atomic E-state index is -2.49. The van der Waals surface area contributed by atoms with E-state index in [2.05, 4.69) is 109 Å². The molecular weight excluding hydrogens is 743 g/mol. The molecule has 0 amide bonds. The first-order valence-corrected chi connectivity index (χ1v) is 25.7. The number of anilines is 2. The van der Waals surface area contributed by atoms with E-state index in [4.69, 9.17) is 19.6 Å². The number of halogens is 1. The summed E-state index contributed by atoms with van der Waals surface area (Å²) in [5.41, 5.74) is 9.07. The van der Waals surface area contributed by atoms with Gasteiger partial charge in [-0.2, -0.15) is 0 Å². The average Bonchev–Trinajstić information content (AvgIpc) is 3.76. The van der Waals surface area contributed by atoms with Gasteiger partial charge in [-0.05, 0) is 24.1 Å². The van der Waals surface area contributed by atoms with Gasteiger partial charge >= 0.3 is 205 Å². The minimum absolute atomic E-state index is 0.169. The fourth-order valence-electron chi connectivity index (χ4n) is 7.63. The topological polar surface area (TPSA) is 67.8 Å². The van der Waals surface area contributed by atoms with Crippen molar-refractivity contribution in [1.29, 1.82) is 0 Å². The van der Waals surface area contributed by atoms with Gasteiger partial charge in [0.1, 0.15) is 0 Å². The molecule has 0 saturated heterocycles. The van der Waals surface area contributed by atoms with E-state index in [1.807, 2.05) is 6.07 Å². The Morgan fingerprint density at radius 3 is 2.35 bits per heavy atom. The fourth-order valence-corrected chi connectivity index (χ4v) is 23.8. The maximum absolute atomic E-state index is 5.72. The molecule has 0 radical (unpaired) electrons. The summed E-state index contributed by atoms with van der Waals surface area (Å²) < 4.78 is 18.3. The third kappa shape index (κ3) is 7.01. The van der Waals surface area contributed by atoms with Gasteiger partial charge in [-0.3, -0.25) is 0 Å². The predicted octanol–water partition coefficient (Wildman–Crippen LogP) is 10.3. The van der Waals surface area contributed by atoms with E-state index in [-0.39, 0.29) is 12.8 Å². The molecule has 6 rings (SSSR count). The van der Waals surface area contributed by atoms with Crippen molar-refractivity contribution in [2.45, 2.75) is 97.9 Å². The number of hydrogen-bond donors (Lipinski definition) is 2. The molecule has 244 valence electrons. The number of rotatable bonds is 14. The molecule has 46 heavy (non-hydrogen) atoms. The van der Waals surface area contributed by atoms with Crippen LogP contribution in [0.5, 0.6) is 11.5 Å². The summed E-state index contributed by atoms with van der Waals surface area (Å²) in [7, 11) is 0. The first-order valence-electron chi connectivity index (χ1n) is 17.4. The van der Waals surface area contributed by atoms with Crippen molar-refractivity contribution in [3.8, 4) is 11.5 Å². The molecule has 0 saturated carbocycles. The van der Waals surface area contributed by atoms with E-state index >= 15 is 0 Å². The zero-order valence-electron chi connectivity index (χ0n) is 27.9. The van der Waals surface area contributed by atoms with Gasteiger partial charge in [0.25, 0.3) is 0 Å². The van der Waals surface area contributed by atoms with Crippen molar-refractivity contribution in [2.24, 2.45) is 11.0 Å². The second kappa shape index (κ2) is 15.1. The zero-order valence-corrected chi connectivity index (χ0v) is 32.3. The van der Waals surface area contributed by atoms with Gasteiger partial charge in [-0.1, -0.05) is 22.0 Å². The van der Waals surface area contributed by atoms with E-state index in [1.165, 1.54) is 68.6 Å². The number of unbranched alkanes of at least 4 members (excludes halogenated alkanes) is 3. The maximum atomic E-state index is 5.72. The van der Waals surface area contributed by atoms with Crippen molar-refractivity contribution < 1.29 is 9.47 Å². The molecule has 3 atom stereocenters. The molecule has 0 spiro atoms. The van der Waals surface area contributed by atoms with E-state index in [1.54, 1.807) is 3.58 Å². The number of benzene rings is 2. The Kier molecular flexibility index (Phi) is 11.0. The van der Waals surface area contributed by atoms with Crippen molar-refractivity contribution in [1.82, 2.24) is 4.98 Å². The number of allylic oxidation sites excluding steroid dienone is 2. The molecule has 0 unspecified atom stereocenters. The first kappa shape index (κ1) is 33.4. The van der Waals surface area contributed by atoms with Crippen LogP contribution in [0.15, 0.2) is 70.4 Å². The van der Waals surface area contributed by atoms with E-state index in [0.717, 1.165) is 39.5 Å². The number of ether oxygens (including phenoxy) is 2. The van der Waals surface area contributed by atoms with Crippen LogP contribution in [0.2, 0.25) is 13.3 Å². The van der Waals surface area contributed by atoms with E-state index in [0.29, 0.717) is 11.8 Å². The Morgan fingerprint density at radius 1 is 0.957 bits per heavy atom. The number of nitrogens with one attached hydrogen (secondary N) is 2. The number of aromatic nitrogens is 1. The Balaban J connectivity index is 1.19. The summed E-state index contributed by atoms with van der Waals surface area (Å²) in [6.07, 6.45) is 15.9. The summed E-state index contributed by atoms with van der Waals surface area (Å²) in [5.74, 6) is 3.20.